The highest BCUT2D eigenvalue weighted by molar-refractivity contribution is 6.09. The first-order chi connectivity index (χ1) is 12.0. The standard InChI is InChI=1S/C17H16N2O6/c1-3-25-17(21)12-6-4-5-7-14(12)18-16(20)13-10-11(19(22)23)8-9-15(13)24-2/h4-10H,3H2,1-2H3,(H,18,20). The number of methoxy groups -OCH3 is 1. The second kappa shape index (κ2) is 7.91. The Bertz CT molecular complexity index is 819. The molecular formula is C17H16N2O6. The number of para-hydroxylation sites is 1. The number of nitrogens with zero attached hydrogens (tertiary/aromatic N) is 1. The maximum Gasteiger partial charge on any atom is 0.340 e. The Balaban J connectivity index is 2.36. The van der Waals surface area contributed by atoms with Gasteiger partial charge in [-0.05, 0) is 25.1 Å². The molecule has 1 N–H and O–H groups in total. The van der Waals surface area contributed by atoms with E-state index >= 15 is 0 Å². The number of amides is 1. The molecule has 0 aliphatic heterocycles. The van der Waals surface area contributed by atoms with E-state index in [1.807, 2.05) is 0 Å². The fraction of sp³-hybridized carbons (Fsp3) is 0.176. The first kappa shape index (κ1) is 17.9. The van der Waals surface area contributed by atoms with Crippen molar-refractivity contribution < 1.29 is 24.0 Å². The van der Waals surface area contributed by atoms with Crippen LogP contribution in [0, 0.1) is 10.1 Å². The molecule has 8 nitrogen and oxygen atoms in total. The Labute approximate surface area is 143 Å². The van der Waals surface area contributed by atoms with E-state index in [0.717, 1.165) is 6.07 Å². The zero-order valence-corrected chi connectivity index (χ0v) is 13.6. The van der Waals surface area contributed by atoms with E-state index in [9.17, 15) is 19.7 Å². The van der Waals surface area contributed by atoms with Gasteiger partial charge in [-0.15, -0.1) is 0 Å². The molecule has 130 valence electrons. The van der Waals surface area contributed by atoms with E-state index in [2.05, 4.69) is 5.32 Å². The summed E-state index contributed by atoms with van der Waals surface area (Å²) in [6.07, 6.45) is 0. The van der Waals surface area contributed by atoms with Crippen LogP contribution in [0.15, 0.2) is 42.5 Å². The minimum absolute atomic E-state index is 0.0182. The number of ether oxygens (including phenoxy) is 2. The molecule has 2 aromatic rings. The molecule has 0 aliphatic carbocycles. The van der Waals surface area contributed by atoms with Gasteiger partial charge in [-0.3, -0.25) is 14.9 Å². The molecule has 0 heterocycles. The topological polar surface area (TPSA) is 108 Å². The number of nitrogens with one attached hydrogen (secondary N) is 1. The van der Waals surface area contributed by atoms with Gasteiger partial charge in [0.2, 0.25) is 0 Å². The van der Waals surface area contributed by atoms with Crippen molar-refractivity contribution in [2.75, 3.05) is 19.0 Å². The van der Waals surface area contributed by atoms with Gasteiger partial charge in [-0.25, -0.2) is 4.79 Å². The van der Waals surface area contributed by atoms with Crippen LogP contribution < -0.4 is 10.1 Å². The highest BCUT2D eigenvalue weighted by Gasteiger charge is 2.20. The maximum absolute atomic E-state index is 12.5. The molecule has 8 heteroatoms. The Kier molecular flexibility index (Phi) is 5.67. The van der Waals surface area contributed by atoms with Crippen LogP contribution in [0.2, 0.25) is 0 Å². The van der Waals surface area contributed by atoms with Crippen LogP contribution in [0.4, 0.5) is 11.4 Å². The molecule has 0 aromatic heterocycles. The summed E-state index contributed by atoms with van der Waals surface area (Å²) in [7, 11) is 1.35. The Morgan fingerprint density at radius 3 is 2.52 bits per heavy atom. The second-order valence-corrected chi connectivity index (χ2v) is 4.86. The lowest BCUT2D eigenvalue weighted by molar-refractivity contribution is -0.384. The molecule has 0 saturated heterocycles. The first-order valence-electron chi connectivity index (χ1n) is 7.37. The number of anilines is 1. The lowest BCUT2D eigenvalue weighted by atomic mass is 10.1. The quantitative estimate of drug-likeness (QED) is 0.490. The molecule has 1 amide bonds. The number of hydrogen-bond acceptors (Lipinski definition) is 6. The van der Waals surface area contributed by atoms with E-state index in [1.165, 1.54) is 31.4 Å². The fourth-order valence-electron chi connectivity index (χ4n) is 2.16. The van der Waals surface area contributed by atoms with E-state index < -0.39 is 16.8 Å². The minimum atomic E-state index is -0.641. The number of nitro groups is 1. The van der Waals surface area contributed by atoms with Crippen LogP contribution >= 0.6 is 0 Å². The summed E-state index contributed by atoms with van der Waals surface area (Å²) < 4.78 is 10.0. The third-order valence-electron chi connectivity index (χ3n) is 3.31. The zero-order valence-electron chi connectivity index (χ0n) is 13.6. The average Bonchev–Trinajstić information content (AvgIpc) is 2.61. The van der Waals surface area contributed by atoms with Gasteiger partial charge >= 0.3 is 5.97 Å². The van der Waals surface area contributed by atoms with Crippen LogP contribution in [0.3, 0.4) is 0 Å². The molecule has 0 saturated carbocycles. The molecule has 0 radical (unpaired) electrons. The fourth-order valence-corrected chi connectivity index (χ4v) is 2.16. The summed E-state index contributed by atoms with van der Waals surface area (Å²) in [5.74, 6) is -1.04. The molecule has 25 heavy (non-hydrogen) atoms. The number of carbonyl (C=O) groups is 2. The van der Waals surface area contributed by atoms with Gasteiger partial charge in [0.05, 0.1) is 35.5 Å². The normalized spacial score (nSPS) is 10.0. The van der Waals surface area contributed by atoms with Crippen molar-refractivity contribution in [3.63, 3.8) is 0 Å². The molecule has 2 aromatic carbocycles. The van der Waals surface area contributed by atoms with Crippen LogP contribution in [0.1, 0.15) is 27.6 Å². The van der Waals surface area contributed by atoms with Crippen LogP contribution in [0.25, 0.3) is 0 Å². The van der Waals surface area contributed by atoms with Crippen LogP contribution in [-0.4, -0.2) is 30.5 Å². The summed E-state index contributed by atoms with van der Waals surface area (Å²) in [4.78, 5) is 34.8. The molecule has 0 bridgehead atoms. The maximum atomic E-state index is 12.5. The first-order valence-corrected chi connectivity index (χ1v) is 7.37. The summed E-state index contributed by atoms with van der Waals surface area (Å²) >= 11 is 0. The highest BCUT2D eigenvalue weighted by Crippen LogP contribution is 2.26. The Morgan fingerprint density at radius 2 is 1.88 bits per heavy atom. The summed E-state index contributed by atoms with van der Waals surface area (Å²) in [5, 5.41) is 13.5. The van der Waals surface area contributed by atoms with Crippen LogP contribution in [0.5, 0.6) is 5.75 Å². The van der Waals surface area contributed by atoms with Crippen molar-refractivity contribution in [1.29, 1.82) is 0 Å². The van der Waals surface area contributed by atoms with Gasteiger partial charge < -0.3 is 14.8 Å². The molecule has 0 spiro atoms. The monoisotopic (exact) mass is 344 g/mol. The van der Waals surface area contributed by atoms with E-state index in [0.29, 0.717) is 0 Å². The highest BCUT2D eigenvalue weighted by atomic mass is 16.6. The van der Waals surface area contributed by atoms with Gasteiger partial charge in [0, 0.05) is 12.1 Å². The number of nitro benzene ring substituents is 1. The predicted molar refractivity (Wildman–Crippen MR) is 90.0 cm³/mol. The van der Waals surface area contributed by atoms with Gasteiger partial charge in [0.25, 0.3) is 11.6 Å². The number of benzene rings is 2. The van der Waals surface area contributed by atoms with Crippen molar-refractivity contribution in [3.05, 3.63) is 63.7 Å². The number of non-ortho nitro benzene ring substituents is 1. The average molecular weight is 344 g/mol. The third kappa shape index (κ3) is 4.11. The lowest BCUT2D eigenvalue weighted by Crippen LogP contribution is -2.17. The second-order valence-electron chi connectivity index (χ2n) is 4.86. The van der Waals surface area contributed by atoms with E-state index in [4.69, 9.17) is 9.47 Å². The Morgan fingerprint density at radius 1 is 1.16 bits per heavy atom. The largest absolute Gasteiger partial charge is 0.496 e. The van der Waals surface area contributed by atoms with Crippen molar-refractivity contribution in [2.45, 2.75) is 6.92 Å². The Hall–Kier alpha value is -3.42. The summed E-state index contributed by atoms with van der Waals surface area (Å²) in [6, 6.07) is 10.0. The van der Waals surface area contributed by atoms with Crippen molar-refractivity contribution in [1.82, 2.24) is 0 Å². The summed E-state index contributed by atoms with van der Waals surface area (Å²) in [5.41, 5.74) is 0.154. The SMILES string of the molecule is CCOC(=O)c1ccccc1NC(=O)c1cc([N+](=O)[O-])ccc1OC. The predicted octanol–water partition coefficient (Wildman–Crippen LogP) is 3.03. The van der Waals surface area contributed by atoms with Gasteiger partial charge in [0.1, 0.15) is 5.75 Å². The van der Waals surface area contributed by atoms with E-state index in [-0.39, 0.29) is 34.9 Å². The molecular weight excluding hydrogens is 328 g/mol. The third-order valence-corrected chi connectivity index (χ3v) is 3.31. The lowest BCUT2D eigenvalue weighted by Gasteiger charge is -2.12. The number of esters is 1. The summed E-state index contributed by atoms with van der Waals surface area (Å²) in [6.45, 7) is 1.87. The molecule has 0 atom stereocenters. The van der Waals surface area contributed by atoms with E-state index in [1.54, 1.807) is 19.1 Å². The van der Waals surface area contributed by atoms with Crippen LogP contribution in [-0.2, 0) is 4.74 Å². The van der Waals surface area contributed by atoms with Gasteiger partial charge in [-0.2, -0.15) is 0 Å². The number of hydrogen-bond donors (Lipinski definition) is 1. The zero-order chi connectivity index (χ0) is 18.4. The molecule has 2 rings (SSSR count). The van der Waals surface area contributed by atoms with Gasteiger partial charge in [-0.1, -0.05) is 12.1 Å². The molecule has 0 fully saturated rings. The van der Waals surface area contributed by atoms with Crippen molar-refractivity contribution in [2.24, 2.45) is 0 Å². The number of carbonyl (C=O) groups excluding carboxylic acids is 2. The van der Waals surface area contributed by atoms with Crippen molar-refractivity contribution in [3.8, 4) is 5.75 Å². The molecule has 0 unspecified atom stereocenters. The van der Waals surface area contributed by atoms with Crippen molar-refractivity contribution >= 4 is 23.3 Å². The number of rotatable bonds is 6. The van der Waals surface area contributed by atoms with Gasteiger partial charge in [0.15, 0.2) is 0 Å². The smallest absolute Gasteiger partial charge is 0.340 e. The molecule has 0 aliphatic rings. The minimum Gasteiger partial charge on any atom is -0.496 e.